The quantitative estimate of drug-likeness (QED) is 0.450. The molecule has 0 aliphatic carbocycles. The van der Waals surface area contributed by atoms with Crippen LogP contribution in [0.4, 0.5) is 0 Å². The predicted molar refractivity (Wildman–Crippen MR) is 49.1 cm³/mol. The van der Waals surface area contributed by atoms with Crippen LogP contribution in [-0.4, -0.2) is 24.4 Å². The topological polar surface area (TPSA) is 32.8 Å². The number of aliphatic hydroxyl groups excluding tert-OH is 1. The SMILES string of the molecule is [2H]C(O)CCCCCCCC1CO1. The molecule has 0 radical (unpaired) electrons. The number of hydrogen-bond donors (Lipinski definition) is 1. The summed E-state index contributed by atoms with van der Waals surface area (Å²) in [4.78, 5) is 0. The van der Waals surface area contributed by atoms with Gasteiger partial charge in [-0.2, -0.15) is 0 Å². The van der Waals surface area contributed by atoms with Crippen molar-refractivity contribution in [2.75, 3.05) is 13.2 Å². The van der Waals surface area contributed by atoms with E-state index in [0.717, 1.165) is 19.4 Å². The summed E-state index contributed by atoms with van der Waals surface area (Å²) in [6.07, 6.45) is 8.36. The van der Waals surface area contributed by atoms with E-state index in [1.165, 1.54) is 25.7 Å². The lowest BCUT2D eigenvalue weighted by Crippen LogP contribution is -1.87. The highest BCUT2D eigenvalue weighted by Crippen LogP contribution is 2.17. The fourth-order valence-corrected chi connectivity index (χ4v) is 1.37. The molecule has 1 aliphatic rings. The maximum Gasteiger partial charge on any atom is 0.0810 e. The average Bonchev–Trinajstić information content (AvgIpc) is 2.86. The standard InChI is InChI=1S/C10H20O2/c11-8-6-4-2-1-3-5-7-10-9-12-10/h10-11H,1-9H2/i8D. The highest BCUT2D eigenvalue weighted by Gasteiger charge is 2.20. The summed E-state index contributed by atoms with van der Waals surface area (Å²) < 4.78 is 12.0. The molecule has 0 aromatic heterocycles. The summed E-state index contributed by atoms with van der Waals surface area (Å²) in [5, 5.41) is 8.69. The van der Waals surface area contributed by atoms with Gasteiger partial charge in [-0.15, -0.1) is 0 Å². The van der Waals surface area contributed by atoms with Crippen molar-refractivity contribution in [1.82, 2.24) is 0 Å². The Kier molecular flexibility index (Phi) is 4.57. The van der Waals surface area contributed by atoms with Crippen LogP contribution < -0.4 is 0 Å². The number of unbranched alkanes of at least 4 members (excludes halogenated alkanes) is 4. The second-order valence-electron chi connectivity index (χ2n) is 3.48. The summed E-state index contributed by atoms with van der Waals surface area (Å²) in [6, 6.07) is 0. The van der Waals surface area contributed by atoms with Gasteiger partial charge in [0.25, 0.3) is 0 Å². The summed E-state index contributed by atoms with van der Waals surface area (Å²) in [5.74, 6) is 0. The predicted octanol–water partition coefficient (Wildman–Crippen LogP) is 2.11. The van der Waals surface area contributed by atoms with Crippen LogP contribution in [0.5, 0.6) is 0 Å². The molecule has 1 N–H and O–H groups in total. The van der Waals surface area contributed by atoms with Gasteiger partial charge in [0.05, 0.1) is 14.1 Å². The lowest BCUT2D eigenvalue weighted by atomic mass is 10.1. The Morgan fingerprint density at radius 1 is 1.17 bits per heavy atom. The Bertz CT molecular complexity index is 118. The third kappa shape index (κ3) is 5.56. The summed E-state index contributed by atoms with van der Waals surface area (Å²) in [5.41, 5.74) is 0. The van der Waals surface area contributed by atoms with E-state index in [1.54, 1.807) is 0 Å². The van der Waals surface area contributed by atoms with Crippen LogP contribution in [0.3, 0.4) is 0 Å². The Morgan fingerprint density at radius 3 is 2.33 bits per heavy atom. The average molecular weight is 173 g/mol. The molecule has 2 nitrogen and oxygen atoms in total. The smallest absolute Gasteiger partial charge is 0.0810 e. The lowest BCUT2D eigenvalue weighted by molar-refractivity contribution is 0.282. The van der Waals surface area contributed by atoms with Gasteiger partial charge >= 0.3 is 0 Å². The molecule has 1 rings (SSSR count). The number of rotatable bonds is 8. The van der Waals surface area contributed by atoms with Gasteiger partial charge in [-0.25, -0.2) is 0 Å². The van der Waals surface area contributed by atoms with Crippen molar-refractivity contribution >= 4 is 0 Å². The van der Waals surface area contributed by atoms with Crippen LogP contribution in [0.15, 0.2) is 0 Å². The van der Waals surface area contributed by atoms with Gasteiger partial charge in [0, 0.05) is 6.58 Å². The Balaban J connectivity index is 1.68. The molecule has 1 heterocycles. The van der Waals surface area contributed by atoms with E-state index in [2.05, 4.69) is 0 Å². The first-order valence-corrected chi connectivity index (χ1v) is 5.01. The van der Waals surface area contributed by atoms with Crippen LogP contribution in [0.2, 0.25) is 0 Å². The molecular formula is C10H20O2. The molecule has 72 valence electrons. The van der Waals surface area contributed by atoms with Crippen molar-refractivity contribution in [1.29, 1.82) is 0 Å². The van der Waals surface area contributed by atoms with Crippen molar-refractivity contribution in [3.05, 3.63) is 0 Å². The number of hydrogen-bond acceptors (Lipinski definition) is 2. The fraction of sp³-hybridized carbons (Fsp3) is 1.00. The van der Waals surface area contributed by atoms with Crippen LogP contribution in [0.25, 0.3) is 0 Å². The number of aliphatic hydroxyl groups is 1. The van der Waals surface area contributed by atoms with Crippen molar-refractivity contribution < 1.29 is 11.2 Å². The van der Waals surface area contributed by atoms with Crippen LogP contribution >= 0.6 is 0 Å². The third-order valence-corrected chi connectivity index (χ3v) is 2.26. The van der Waals surface area contributed by atoms with E-state index >= 15 is 0 Å². The molecule has 12 heavy (non-hydrogen) atoms. The second kappa shape index (κ2) is 6.44. The highest BCUT2D eigenvalue weighted by molar-refractivity contribution is 4.68. The highest BCUT2D eigenvalue weighted by atomic mass is 16.6. The largest absolute Gasteiger partial charge is 0.396 e. The Morgan fingerprint density at radius 2 is 1.75 bits per heavy atom. The van der Waals surface area contributed by atoms with E-state index < -0.39 is 6.58 Å². The number of epoxide rings is 1. The van der Waals surface area contributed by atoms with E-state index in [4.69, 9.17) is 11.2 Å². The van der Waals surface area contributed by atoms with E-state index in [0.29, 0.717) is 12.5 Å². The molecule has 0 aromatic rings. The Labute approximate surface area is 76.3 Å². The normalized spacial score (nSPS) is 25.1. The van der Waals surface area contributed by atoms with Crippen molar-refractivity contribution in [2.24, 2.45) is 0 Å². The van der Waals surface area contributed by atoms with Crippen LogP contribution in [0.1, 0.15) is 46.3 Å². The Hall–Kier alpha value is -0.0800. The first-order valence-electron chi connectivity index (χ1n) is 5.58. The zero-order valence-electron chi connectivity index (χ0n) is 8.67. The molecule has 0 aromatic carbocycles. The fourth-order valence-electron chi connectivity index (χ4n) is 1.37. The van der Waals surface area contributed by atoms with Crippen molar-refractivity contribution in [2.45, 2.75) is 51.0 Å². The van der Waals surface area contributed by atoms with Crippen molar-refractivity contribution in [3.63, 3.8) is 0 Å². The summed E-state index contributed by atoms with van der Waals surface area (Å²) in [7, 11) is 0. The van der Waals surface area contributed by atoms with E-state index in [1.807, 2.05) is 0 Å². The lowest BCUT2D eigenvalue weighted by Gasteiger charge is -1.98. The monoisotopic (exact) mass is 173 g/mol. The molecule has 0 bridgehead atoms. The molecule has 2 heteroatoms. The minimum Gasteiger partial charge on any atom is -0.396 e. The van der Waals surface area contributed by atoms with Crippen LogP contribution in [-0.2, 0) is 4.74 Å². The van der Waals surface area contributed by atoms with E-state index in [9.17, 15) is 0 Å². The van der Waals surface area contributed by atoms with Gasteiger partial charge in [0.15, 0.2) is 0 Å². The zero-order valence-corrected chi connectivity index (χ0v) is 7.67. The molecule has 2 unspecified atom stereocenters. The molecule has 0 amide bonds. The van der Waals surface area contributed by atoms with Crippen molar-refractivity contribution in [3.8, 4) is 0 Å². The van der Waals surface area contributed by atoms with Gasteiger partial charge < -0.3 is 9.84 Å². The van der Waals surface area contributed by atoms with Gasteiger partial charge in [-0.3, -0.25) is 0 Å². The molecule has 2 atom stereocenters. The maximum absolute atomic E-state index is 8.69. The second-order valence-corrected chi connectivity index (χ2v) is 3.48. The molecule has 1 saturated heterocycles. The van der Waals surface area contributed by atoms with Gasteiger partial charge in [0.1, 0.15) is 0 Å². The van der Waals surface area contributed by atoms with Gasteiger partial charge in [-0.1, -0.05) is 32.1 Å². The van der Waals surface area contributed by atoms with Crippen LogP contribution in [0, 0.1) is 0 Å². The van der Waals surface area contributed by atoms with Gasteiger partial charge in [0.2, 0.25) is 0 Å². The third-order valence-electron chi connectivity index (χ3n) is 2.26. The van der Waals surface area contributed by atoms with E-state index in [-0.39, 0.29) is 0 Å². The minimum absolute atomic E-state index is 0.579. The molecular weight excluding hydrogens is 152 g/mol. The molecule has 1 fully saturated rings. The molecule has 1 aliphatic heterocycles. The van der Waals surface area contributed by atoms with Gasteiger partial charge in [-0.05, 0) is 12.8 Å². The first-order chi connectivity index (χ1) is 6.29. The molecule has 0 saturated carbocycles. The maximum atomic E-state index is 8.69. The summed E-state index contributed by atoms with van der Waals surface area (Å²) in [6.45, 7) is 0.116. The molecule has 0 spiro atoms. The first kappa shape index (κ1) is 8.52. The summed E-state index contributed by atoms with van der Waals surface area (Å²) >= 11 is 0. The number of ether oxygens (including phenoxy) is 1. The minimum atomic E-state index is -0.861. The zero-order chi connectivity index (χ0) is 9.52.